The van der Waals surface area contributed by atoms with Crippen molar-refractivity contribution in [1.29, 1.82) is 0 Å². The zero-order chi connectivity index (χ0) is 14.5. The van der Waals surface area contributed by atoms with E-state index in [2.05, 4.69) is 38.8 Å². The van der Waals surface area contributed by atoms with Gasteiger partial charge in [0.1, 0.15) is 0 Å². The molecule has 0 radical (unpaired) electrons. The SMILES string of the molecule is CC(c1cccc(Cl)c1)N(C)CCCC(C)(C)CN. The zero-order valence-corrected chi connectivity index (χ0v) is 13.4. The minimum absolute atomic E-state index is 0.250. The predicted molar refractivity (Wildman–Crippen MR) is 84.6 cm³/mol. The maximum atomic E-state index is 6.04. The Morgan fingerprint density at radius 1 is 1.37 bits per heavy atom. The molecule has 0 aliphatic heterocycles. The van der Waals surface area contributed by atoms with E-state index in [0.29, 0.717) is 6.04 Å². The van der Waals surface area contributed by atoms with Crippen LogP contribution in [0, 0.1) is 5.41 Å². The van der Waals surface area contributed by atoms with Gasteiger partial charge in [0.15, 0.2) is 0 Å². The number of nitrogens with zero attached hydrogens (tertiary/aromatic N) is 1. The van der Waals surface area contributed by atoms with Crippen LogP contribution in [0.4, 0.5) is 0 Å². The second kappa shape index (κ2) is 7.28. The van der Waals surface area contributed by atoms with Gasteiger partial charge >= 0.3 is 0 Å². The van der Waals surface area contributed by atoms with Gasteiger partial charge in [-0.1, -0.05) is 37.6 Å². The number of nitrogens with two attached hydrogens (primary N) is 1. The summed E-state index contributed by atoms with van der Waals surface area (Å²) < 4.78 is 0. The molecule has 1 unspecified atom stereocenters. The fourth-order valence-corrected chi connectivity index (χ4v) is 2.32. The van der Waals surface area contributed by atoms with E-state index < -0.39 is 0 Å². The summed E-state index contributed by atoms with van der Waals surface area (Å²) in [5.41, 5.74) is 7.28. The van der Waals surface area contributed by atoms with Gasteiger partial charge in [0, 0.05) is 11.1 Å². The fraction of sp³-hybridized carbons (Fsp3) is 0.625. The van der Waals surface area contributed by atoms with Crippen molar-refractivity contribution in [3.8, 4) is 0 Å². The highest BCUT2D eigenvalue weighted by Gasteiger charge is 2.17. The van der Waals surface area contributed by atoms with Gasteiger partial charge in [0.05, 0.1) is 0 Å². The molecule has 1 aromatic rings. The van der Waals surface area contributed by atoms with E-state index in [-0.39, 0.29) is 5.41 Å². The summed E-state index contributed by atoms with van der Waals surface area (Å²) >= 11 is 6.04. The Balaban J connectivity index is 2.47. The third kappa shape index (κ3) is 5.52. The standard InChI is InChI=1S/C16H27ClN2/c1-13(14-7-5-8-15(17)11-14)19(4)10-6-9-16(2,3)12-18/h5,7-8,11,13H,6,9-10,12,18H2,1-4H3. The summed E-state index contributed by atoms with van der Waals surface area (Å²) in [6.07, 6.45) is 2.34. The molecule has 2 N–H and O–H groups in total. The Labute approximate surface area is 122 Å². The molecular formula is C16H27ClN2. The topological polar surface area (TPSA) is 29.3 Å². The highest BCUT2D eigenvalue weighted by Crippen LogP contribution is 2.24. The van der Waals surface area contributed by atoms with Gasteiger partial charge in [-0.25, -0.2) is 0 Å². The van der Waals surface area contributed by atoms with Crippen LogP contribution in [0.2, 0.25) is 5.02 Å². The van der Waals surface area contributed by atoms with Crippen LogP contribution < -0.4 is 5.73 Å². The molecule has 0 amide bonds. The Hall–Kier alpha value is -0.570. The van der Waals surface area contributed by atoms with Gasteiger partial charge in [-0.3, -0.25) is 4.90 Å². The first-order chi connectivity index (χ1) is 8.85. The summed E-state index contributed by atoms with van der Waals surface area (Å²) in [6, 6.07) is 8.50. The highest BCUT2D eigenvalue weighted by atomic mass is 35.5. The summed E-state index contributed by atoms with van der Waals surface area (Å²) in [4.78, 5) is 2.37. The van der Waals surface area contributed by atoms with Crippen LogP contribution in [0.3, 0.4) is 0 Å². The van der Waals surface area contributed by atoms with E-state index in [9.17, 15) is 0 Å². The maximum Gasteiger partial charge on any atom is 0.0409 e. The lowest BCUT2D eigenvalue weighted by Crippen LogP contribution is -2.27. The molecular weight excluding hydrogens is 256 g/mol. The van der Waals surface area contributed by atoms with Crippen molar-refractivity contribution < 1.29 is 0 Å². The van der Waals surface area contributed by atoms with Crippen molar-refractivity contribution in [3.05, 3.63) is 34.9 Å². The van der Waals surface area contributed by atoms with Crippen molar-refractivity contribution in [2.24, 2.45) is 11.1 Å². The van der Waals surface area contributed by atoms with E-state index in [1.54, 1.807) is 0 Å². The van der Waals surface area contributed by atoms with Crippen molar-refractivity contribution in [3.63, 3.8) is 0 Å². The molecule has 1 rings (SSSR count). The van der Waals surface area contributed by atoms with E-state index in [4.69, 9.17) is 17.3 Å². The normalized spacial score (nSPS) is 13.8. The molecule has 3 heteroatoms. The van der Waals surface area contributed by atoms with Gasteiger partial charge in [-0.15, -0.1) is 0 Å². The number of hydrogen-bond acceptors (Lipinski definition) is 2. The Morgan fingerprint density at radius 3 is 2.63 bits per heavy atom. The Bertz CT molecular complexity index is 390. The quantitative estimate of drug-likeness (QED) is 0.816. The Morgan fingerprint density at radius 2 is 2.05 bits per heavy atom. The van der Waals surface area contributed by atoms with Gasteiger partial charge < -0.3 is 5.73 Å². The smallest absolute Gasteiger partial charge is 0.0409 e. The molecule has 0 saturated heterocycles. The van der Waals surface area contributed by atoms with Crippen LogP contribution in [0.1, 0.15) is 45.2 Å². The van der Waals surface area contributed by atoms with E-state index in [0.717, 1.165) is 24.5 Å². The third-order valence-corrected chi connectivity index (χ3v) is 4.14. The summed E-state index contributed by atoms with van der Waals surface area (Å²) in [5, 5.41) is 0.807. The van der Waals surface area contributed by atoms with Gasteiger partial charge in [0.25, 0.3) is 0 Å². The molecule has 0 aliphatic rings. The molecule has 0 bridgehead atoms. The second-order valence-electron chi connectivity index (χ2n) is 6.18. The number of rotatable bonds is 7. The number of benzene rings is 1. The van der Waals surface area contributed by atoms with Crippen molar-refractivity contribution in [2.45, 2.75) is 39.7 Å². The summed E-state index contributed by atoms with van der Waals surface area (Å²) in [5.74, 6) is 0. The maximum absolute atomic E-state index is 6.04. The second-order valence-corrected chi connectivity index (χ2v) is 6.62. The van der Waals surface area contributed by atoms with Gasteiger partial charge in [-0.2, -0.15) is 0 Å². The largest absolute Gasteiger partial charge is 0.330 e. The zero-order valence-electron chi connectivity index (χ0n) is 12.6. The highest BCUT2D eigenvalue weighted by molar-refractivity contribution is 6.30. The first kappa shape index (κ1) is 16.5. The van der Waals surface area contributed by atoms with Crippen LogP contribution in [-0.4, -0.2) is 25.0 Å². The molecule has 0 fully saturated rings. The van der Waals surface area contributed by atoms with Crippen LogP contribution >= 0.6 is 11.6 Å². The predicted octanol–water partition coefficient (Wildman–Crippen LogP) is 4.10. The van der Waals surface area contributed by atoms with Crippen molar-refractivity contribution >= 4 is 11.6 Å². The minimum Gasteiger partial charge on any atom is -0.330 e. The summed E-state index contributed by atoms with van der Waals surface area (Å²) in [6.45, 7) is 8.51. The monoisotopic (exact) mass is 282 g/mol. The number of halogens is 1. The average Bonchev–Trinajstić information content (AvgIpc) is 2.37. The molecule has 0 spiro atoms. The molecule has 1 atom stereocenters. The first-order valence-electron chi connectivity index (χ1n) is 7.01. The lowest BCUT2D eigenvalue weighted by molar-refractivity contribution is 0.234. The van der Waals surface area contributed by atoms with Crippen LogP contribution in [-0.2, 0) is 0 Å². The minimum atomic E-state index is 0.250. The van der Waals surface area contributed by atoms with E-state index >= 15 is 0 Å². The molecule has 0 saturated carbocycles. The summed E-state index contributed by atoms with van der Waals surface area (Å²) in [7, 11) is 2.17. The van der Waals surface area contributed by atoms with E-state index in [1.165, 1.54) is 12.0 Å². The molecule has 0 aliphatic carbocycles. The molecule has 0 heterocycles. The van der Waals surface area contributed by atoms with Crippen LogP contribution in [0.15, 0.2) is 24.3 Å². The van der Waals surface area contributed by atoms with Crippen LogP contribution in [0.5, 0.6) is 0 Å². The third-order valence-electron chi connectivity index (χ3n) is 3.91. The van der Waals surface area contributed by atoms with Gasteiger partial charge in [0.2, 0.25) is 0 Å². The lowest BCUT2D eigenvalue weighted by Gasteiger charge is -2.28. The first-order valence-corrected chi connectivity index (χ1v) is 7.39. The average molecular weight is 283 g/mol. The van der Waals surface area contributed by atoms with Gasteiger partial charge in [-0.05, 0) is 63.0 Å². The van der Waals surface area contributed by atoms with E-state index in [1.807, 2.05) is 18.2 Å². The fourth-order valence-electron chi connectivity index (χ4n) is 2.12. The molecule has 2 nitrogen and oxygen atoms in total. The molecule has 0 aromatic heterocycles. The van der Waals surface area contributed by atoms with Crippen molar-refractivity contribution in [2.75, 3.05) is 20.1 Å². The molecule has 19 heavy (non-hydrogen) atoms. The van der Waals surface area contributed by atoms with Crippen LogP contribution in [0.25, 0.3) is 0 Å². The lowest BCUT2D eigenvalue weighted by atomic mass is 9.88. The molecule has 1 aromatic carbocycles. The molecule has 108 valence electrons. The number of hydrogen-bond donors (Lipinski definition) is 1. The Kier molecular flexibility index (Phi) is 6.31. The van der Waals surface area contributed by atoms with Crippen molar-refractivity contribution in [1.82, 2.24) is 4.90 Å².